The molecule has 0 unspecified atom stereocenters. The van der Waals surface area contributed by atoms with Gasteiger partial charge in [-0.25, -0.2) is 4.39 Å². The summed E-state index contributed by atoms with van der Waals surface area (Å²) in [5.74, 6) is -1.53. The first-order chi connectivity index (χ1) is 10.9. The summed E-state index contributed by atoms with van der Waals surface area (Å²) in [5.41, 5.74) is 1.27. The van der Waals surface area contributed by atoms with Crippen molar-refractivity contribution in [3.05, 3.63) is 59.4 Å². The zero-order valence-electron chi connectivity index (χ0n) is 12.8. The first kappa shape index (κ1) is 16.5. The van der Waals surface area contributed by atoms with Crippen LogP contribution >= 0.6 is 0 Å². The smallest absolute Gasteiger partial charge is 0.257 e. The van der Waals surface area contributed by atoms with Gasteiger partial charge in [-0.2, -0.15) is 0 Å². The Balaban J connectivity index is 2.03. The number of phenolic OH excluding ortho intramolecular Hbond substituents is 1. The van der Waals surface area contributed by atoms with E-state index in [2.05, 4.69) is 5.32 Å². The molecule has 120 valence electrons. The molecule has 0 spiro atoms. The topological polar surface area (TPSA) is 69.6 Å². The number of anilines is 1. The molecular weight excluding hydrogens is 299 g/mol. The maximum atomic E-state index is 13.1. The van der Waals surface area contributed by atoms with Gasteiger partial charge in [0.15, 0.2) is 0 Å². The fourth-order valence-electron chi connectivity index (χ4n) is 2.08. The molecule has 0 saturated carbocycles. The summed E-state index contributed by atoms with van der Waals surface area (Å²) in [7, 11) is 1.45. The predicted molar refractivity (Wildman–Crippen MR) is 84.8 cm³/mol. The van der Waals surface area contributed by atoms with Crippen LogP contribution in [-0.2, 0) is 4.79 Å². The van der Waals surface area contributed by atoms with Gasteiger partial charge in [-0.05, 0) is 37.3 Å². The van der Waals surface area contributed by atoms with E-state index >= 15 is 0 Å². The quantitative estimate of drug-likeness (QED) is 0.911. The van der Waals surface area contributed by atoms with Gasteiger partial charge in [-0.15, -0.1) is 0 Å². The maximum absolute atomic E-state index is 13.1. The average molecular weight is 316 g/mol. The molecule has 2 aromatic carbocycles. The normalized spacial score (nSPS) is 10.2. The van der Waals surface area contributed by atoms with Crippen LogP contribution < -0.4 is 5.32 Å². The first-order valence-corrected chi connectivity index (χ1v) is 6.97. The fourth-order valence-corrected chi connectivity index (χ4v) is 2.08. The van der Waals surface area contributed by atoms with Crippen molar-refractivity contribution in [3.8, 4) is 5.75 Å². The van der Waals surface area contributed by atoms with E-state index in [1.165, 1.54) is 36.2 Å². The van der Waals surface area contributed by atoms with Crippen LogP contribution in [0.4, 0.5) is 10.1 Å². The molecule has 0 aliphatic carbocycles. The average Bonchev–Trinajstić information content (AvgIpc) is 2.48. The number of benzene rings is 2. The lowest BCUT2D eigenvalue weighted by molar-refractivity contribution is -0.116. The number of amides is 2. The van der Waals surface area contributed by atoms with E-state index < -0.39 is 17.6 Å². The number of hydrogen-bond acceptors (Lipinski definition) is 3. The van der Waals surface area contributed by atoms with Gasteiger partial charge in [-0.3, -0.25) is 9.59 Å². The Morgan fingerprint density at radius 3 is 2.65 bits per heavy atom. The monoisotopic (exact) mass is 316 g/mol. The lowest BCUT2D eigenvalue weighted by Gasteiger charge is -2.17. The SMILES string of the molecule is Cc1ccc(O)c(C(=O)N(C)CC(=O)Nc2cccc(F)c2)c1. The molecule has 0 heterocycles. The molecule has 0 saturated heterocycles. The Hall–Kier alpha value is -2.89. The molecule has 0 atom stereocenters. The van der Waals surface area contributed by atoms with Crippen LogP contribution in [0, 0.1) is 12.7 Å². The number of halogens is 1. The van der Waals surface area contributed by atoms with Crippen molar-refractivity contribution in [2.75, 3.05) is 18.9 Å². The predicted octanol–water partition coefficient (Wildman–Crippen LogP) is 2.55. The standard InChI is InChI=1S/C17H17FN2O3/c1-11-6-7-15(21)14(8-11)17(23)20(2)10-16(22)19-13-5-3-4-12(18)9-13/h3-9,21H,10H2,1-2H3,(H,19,22). The van der Waals surface area contributed by atoms with Gasteiger partial charge in [0.1, 0.15) is 11.6 Å². The molecular formula is C17H17FN2O3. The minimum Gasteiger partial charge on any atom is -0.507 e. The number of rotatable bonds is 4. The van der Waals surface area contributed by atoms with Gasteiger partial charge >= 0.3 is 0 Å². The third kappa shape index (κ3) is 4.29. The largest absolute Gasteiger partial charge is 0.507 e. The third-order valence-corrected chi connectivity index (χ3v) is 3.22. The Morgan fingerprint density at radius 1 is 1.22 bits per heavy atom. The zero-order valence-corrected chi connectivity index (χ0v) is 12.8. The minimum atomic E-state index is -0.472. The van der Waals surface area contributed by atoms with E-state index in [-0.39, 0.29) is 17.9 Å². The van der Waals surface area contributed by atoms with Crippen molar-refractivity contribution in [2.24, 2.45) is 0 Å². The number of aryl methyl sites for hydroxylation is 1. The fraction of sp³-hybridized carbons (Fsp3) is 0.176. The van der Waals surface area contributed by atoms with E-state index in [1.807, 2.05) is 0 Å². The first-order valence-electron chi connectivity index (χ1n) is 6.97. The molecule has 2 aromatic rings. The molecule has 0 aliphatic heterocycles. The lowest BCUT2D eigenvalue weighted by Crippen LogP contribution is -2.35. The highest BCUT2D eigenvalue weighted by molar-refractivity contribution is 6.00. The van der Waals surface area contributed by atoms with Gasteiger partial charge in [0, 0.05) is 12.7 Å². The van der Waals surface area contributed by atoms with Gasteiger partial charge in [0.25, 0.3) is 5.91 Å². The van der Waals surface area contributed by atoms with Gasteiger partial charge < -0.3 is 15.3 Å². The van der Waals surface area contributed by atoms with Crippen LogP contribution in [0.25, 0.3) is 0 Å². The summed E-state index contributed by atoms with van der Waals surface area (Å²) >= 11 is 0. The summed E-state index contributed by atoms with van der Waals surface area (Å²) in [5, 5.41) is 12.3. The van der Waals surface area contributed by atoms with E-state index in [0.717, 1.165) is 5.56 Å². The molecule has 2 N–H and O–H groups in total. The van der Waals surface area contributed by atoms with Crippen molar-refractivity contribution in [2.45, 2.75) is 6.92 Å². The van der Waals surface area contributed by atoms with Crippen molar-refractivity contribution >= 4 is 17.5 Å². The second-order valence-corrected chi connectivity index (χ2v) is 5.24. The van der Waals surface area contributed by atoms with Crippen molar-refractivity contribution in [3.63, 3.8) is 0 Å². The summed E-state index contributed by atoms with van der Waals surface area (Å²) < 4.78 is 13.1. The number of aromatic hydroxyl groups is 1. The van der Waals surface area contributed by atoms with Crippen LogP contribution in [0.5, 0.6) is 5.75 Å². The number of nitrogens with zero attached hydrogens (tertiary/aromatic N) is 1. The summed E-state index contributed by atoms with van der Waals surface area (Å²) in [6, 6.07) is 10.2. The lowest BCUT2D eigenvalue weighted by atomic mass is 10.1. The number of nitrogens with one attached hydrogen (secondary N) is 1. The Kier molecular flexibility index (Phi) is 4.95. The van der Waals surface area contributed by atoms with Crippen LogP contribution in [0.2, 0.25) is 0 Å². The van der Waals surface area contributed by atoms with Crippen molar-refractivity contribution in [1.82, 2.24) is 4.90 Å². The van der Waals surface area contributed by atoms with Gasteiger partial charge in [0.2, 0.25) is 5.91 Å². The molecule has 0 aliphatic rings. The second-order valence-electron chi connectivity index (χ2n) is 5.24. The van der Waals surface area contributed by atoms with E-state index in [0.29, 0.717) is 5.69 Å². The number of hydrogen-bond donors (Lipinski definition) is 2. The molecule has 0 aromatic heterocycles. The second kappa shape index (κ2) is 6.91. The molecule has 0 bridgehead atoms. The van der Waals surface area contributed by atoms with E-state index in [4.69, 9.17) is 0 Å². The Labute approximate surface area is 133 Å². The van der Waals surface area contributed by atoms with Crippen LogP contribution in [-0.4, -0.2) is 35.4 Å². The molecule has 23 heavy (non-hydrogen) atoms. The third-order valence-electron chi connectivity index (χ3n) is 3.22. The van der Waals surface area contributed by atoms with Crippen LogP contribution in [0.3, 0.4) is 0 Å². The maximum Gasteiger partial charge on any atom is 0.257 e. The van der Waals surface area contributed by atoms with Crippen LogP contribution in [0.15, 0.2) is 42.5 Å². The van der Waals surface area contributed by atoms with Crippen molar-refractivity contribution in [1.29, 1.82) is 0 Å². The van der Waals surface area contributed by atoms with Gasteiger partial charge in [-0.1, -0.05) is 17.7 Å². The Morgan fingerprint density at radius 2 is 1.96 bits per heavy atom. The van der Waals surface area contributed by atoms with Gasteiger partial charge in [0.05, 0.1) is 12.1 Å². The highest BCUT2D eigenvalue weighted by Gasteiger charge is 2.18. The number of phenols is 1. The van der Waals surface area contributed by atoms with Crippen molar-refractivity contribution < 1.29 is 19.1 Å². The molecule has 2 amide bonds. The highest BCUT2D eigenvalue weighted by atomic mass is 19.1. The summed E-state index contributed by atoms with van der Waals surface area (Å²) in [6.45, 7) is 1.58. The number of likely N-dealkylation sites (N-methyl/N-ethyl adjacent to an activating group) is 1. The molecule has 0 radical (unpaired) electrons. The summed E-state index contributed by atoms with van der Waals surface area (Å²) in [6.07, 6.45) is 0. The minimum absolute atomic E-state index is 0.131. The molecule has 5 nitrogen and oxygen atoms in total. The van der Waals surface area contributed by atoms with E-state index in [1.54, 1.807) is 25.1 Å². The zero-order chi connectivity index (χ0) is 17.0. The molecule has 0 fully saturated rings. The highest BCUT2D eigenvalue weighted by Crippen LogP contribution is 2.19. The molecule has 6 heteroatoms. The molecule has 2 rings (SSSR count). The summed E-state index contributed by atoms with van der Waals surface area (Å²) in [4.78, 5) is 25.4. The van der Waals surface area contributed by atoms with E-state index in [9.17, 15) is 19.1 Å². The number of carbonyl (C=O) groups excluding carboxylic acids is 2. The Bertz CT molecular complexity index is 746. The van der Waals surface area contributed by atoms with Crippen LogP contribution in [0.1, 0.15) is 15.9 Å². The number of carbonyl (C=O) groups is 2.